The molecule has 104 valence electrons. The minimum absolute atomic E-state index is 0.0267. The molecule has 1 fully saturated rings. The van der Waals surface area contributed by atoms with Crippen molar-refractivity contribution >= 4 is 30.8 Å². The average molecular weight is 334 g/mol. The fourth-order valence-electron chi connectivity index (χ4n) is 2.42. The molecule has 4 nitrogen and oxygen atoms in total. The number of rotatable bonds is 3. The van der Waals surface area contributed by atoms with E-state index in [1.807, 2.05) is 30.3 Å². The number of carbonyl (C=O) groups is 1. The Morgan fingerprint density at radius 1 is 1.15 bits per heavy atom. The summed E-state index contributed by atoms with van der Waals surface area (Å²) < 4.78 is 1.72. The van der Waals surface area contributed by atoms with Crippen molar-refractivity contribution < 1.29 is 4.79 Å². The molecule has 0 amide bonds. The number of hydrogen-bond donors (Lipinski definition) is 1. The maximum atomic E-state index is 12.5. The van der Waals surface area contributed by atoms with Crippen LogP contribution in [0.5, 0.6) is 0 Å². The quantitative estimate of drug-likeness (QED) is 0.688. The summed E-state index contributed by atoms with van der Waals surface area (Å²) in [6.07, 6.45) is 3.70. The van der Waals surface area contributed by atoms with E-state index in [2.05, 4.69) is 9.88 Å². The molecule has 1 aliphatic rings. The van der Waals surface area contributed by atoms with E-state index in [0.717, 1.165) is 17.8 Å². The first-order valence-electron chi connectivity index (χ1n) is 6.87. The molecule has 2 N–H and O–H groups in total. The molecule has 0 aliphatic carbocycles. The Hall–Kier alpha value is -1.58. The molecule has 1 aromatic heterocycles. The summed E-state index contributed by atoms with van der Waals surface area (Å²) in [5.74, 6) is 0.443. The van der Waals surface area contributed by atoms with Crippen LogP contribution < -0.4 is 10.6 Å². The monoisotopic (exact) mass is 335 g/mol. The summed E-state index contributed by atoms with van der Waals surface area (Å²) in [5.41, 5.74) is 6.67. The van der Waals surface area contributed by atoms with Crippen molar-refractivity contribution in [3.63, 3.8) is 0 Å². The fraction of sp³-hybridized carbons (Fsp3) is 0.333. The van der Waals surface area contributed by atoms with Crippen molar-refractivity contribution in [2.24, 2.45) is 0 Å². The number of nitrogen functional groups attached to an aromatic ring is 1. The van der Waals surface area contributed by atoms with Crippen molar-refractivity contribution in [2.45, 2.75) is 19.3 Å². The average Bonchev–Trinajstić information content (AvgIpc) is 2.90. The molecule has 0 bridgehead atoms. The summed E-state index contributed by atoms with van der Waals surface area (Å²) >= 11 is -0.0612. The molecule has 0 spiro atoms. The molecule has 5 heteroatoms. The van der Waals surface area contributed by atoms with Gasteiger partial charge in [0.25, 0.3) is 0 Å². The zero-order valence-corrected chi connectivity index (χ0v) is 12.9. The second-order valence-electron chi connectivity index (χ2n) is 4.95. The van der Waals surface area contributed by atoms with Gasteiger partial charge >= 0.3 is 124 Å². The number of nitrogens with two attached hydrogens (primary N) is 1. The number of anilines is 2. The van der Waals surface area contributed by atoms with Crippen LogP contribution in [0, 0.1) is 0 Å². The van der Waals surface area contributed by atoms with E-state index in [1.165, 1.54) is 19.3 Å². The first kappa shape index (κ1) is 13.4. The Labute approximate surface area is 124 Å². The van der Waals surface area contributed by atoms with Crippen LogP contribution in [0.25, 0.3) is 0 Å². The first-order valence-corrected chi connectivity index (χ1v) is 8.58. The van der Waals surface area contributed by atoms with Gasteiger partial charge in [0.15, 0.2) is 0 Å². The SMILES string of the molecule is Nc1nc(N2CCCCC2)[se]c1C(=O)c1ccccc1. The molecule has 0 radical (unpaired) electrons. The number of carbonyl (C=O) groups excluding carboxylic acids is 1. The standard InChI is InChI=1S/C15H17N3OSe/c16-14-13(12(19)11-7-3-1-4-8-11)20-15(17-14)18-9-5-2-6-10-18/h1,3-4,7-8H,2,5-6,9-10,16H2. The van der Waals surface area contributed by atoms with E-state index >= 15 is 0 Å². The van der Waals surface area contributed by atoms with Gasteiger partial charge in [-0.05, 0) is 0 Å². The molecular weight excluding hydrogens is 317 g/mol. The summed E-state index contributed by atoms with van der Waals surface area (Å²) in [6.45, 7) is 2.08. The number of ketones is 1. The van der Waals surface area contributed by atoms with Gasteiger partial charge in [0, 0.05) is 0 Å². The molecule has 0 unspecified atom stereocenters. The Morgan fingerprint density at radius 2 is 1.85 bits per heavy atom. The van der Waals surface area contributed by atoms with Crippen LogP contribution in [0.3, 0.4) is 0 Å². The normalized spacial score (nSPS) is 15.3. The van der Waals surface area contributed by atoms with Crippen LogP contribution >= 0.6 is 0 Å². The van der Waals surface area contributed by atoms with Gasteiger partial charge in [-0.3, -0.25) is 0 Å². The molecule has 2 aromatic rings. The zero-order valence-electron chi connectivity index (χ0n) is 11.2. The minimum atomic E-state index is -0.0612. The first-order chi connectivity index (χ1) is 9.75. The van der Waals surface area contributed by atoms with E-state index in [0.29, 0.717) is 15.8 Å². The number of nitrogens with zero attached hydrogens (tertiary/aromatic N) is 2. The van der Waals surface area contributed by atoms with E-state index in [4.69, 9.17) is 5.73 Å². The van der Waals surface area contributed by atoms with Gasteiger partial charge < -0.3 is 0 Å². The Kier molecular flexibility index (Phi) is 3.90. The third-order valence-corrected chi connectivity index (χ3v) is 5.88. The van der Waals surface area contributed by atoms with Crippen LogP contribution in [0.15, 0.2) is 30.3 Å². The predicted octanol–water partition coefficient (Wildman–Crippen LogP) is 1.94. The summed E-state index contributed by atoms with van der Waals surface area (Å²) in [7, 11) is 0. The van der Waals surface area contributed by atoms with Crippen LogP contribution in [0.2, 0.25) is 0 Å². The van der Waals surface area contributed by atoms with Gasteiger partial charge in [-0.1, -0.05) is 0 Å². The van der Waals surface area contributed by atoms with Gasteiger partial charge in [0.1, 0.15) is 0 Å². The molecule has 0 saturated carbocycles. The van der Waals surface area contributed by atoms with Gasteiger partial charge in [0.2, 0.25) is 0 Å². The third-order valence-electron chi connectivity index (χ3n) is 3.51. The van der Waals surface area contributed by atoms with E-state index in [1.54, 1.807) is 0 Å². The number of aromatic nitrogens is 1. The Balaban J connectivity index is 1.87. The van der Waals surface area contributed by atoms with Crippen molar-refractivity contribution in [3.8, 4) is 0 Å². The van der Waals surface area contributed by atoms with Gasteiger partial charge in [-0.2, -0.15) is 0 Å². The molecular formula is C15H17N3OSe. The fourth-order valence-corrected chi connectivity index (χ4v) is 4.52. The summed E-state index contributed by atoms with van der Waals surface area (Å²) in [6, 6.07) is 9.32. The Bertz CT molecular complexity index is 603. The number of piperidine rings is 1. The molecule has 2 heterocycles. The van der Waals surface area contributed by atoms with Crippen LogP contribution in [0.1, 0.15) is 34.1 Å². The van der Waals surface area contributed by atoms with E-state index in [-0.39, 0.29) is 20.3 Å². The van der Waals surface area contributed by atoms with E-state index < -0.39 is 0 Å². The molecule has 0 atom stereocenters. The summed E-state index contributed by atoms with van der Waals surface area (Å²) in [4.78, 5) is 19.2. The molecule has 1 aromatic carbocycles. The zero-order chi connectivity index (χ0) is 13.9. The van der Waals surface area contributed by atoms with Gasteiger partial charge in [-0.15, -0.1) is 0 Å². The van der Waals surface area contributed by atoms with Crippen molar-refractivity contribution in [2.75, 3.05) is 23.7 Å². The molecule has 1 aliphatic heterocycles. The van der Waals surface area contributed by atoms with Crippen molar-refractivity contribution in [1.82, 2.24) is 4.98 Å². The van der Waals surface area contributed by atoms with E-state index in [9.17, 15) is 4.79 Å². The van der Waals surface area contributed by atoms with Crippen molar-refractivity contribution in [1.29, 1.82) is 0 Å². The second-order valence-corrected chi connectivity index (χ2v) is 7.00. The maximum absolute atomic E-state index is 12.5. The second kappa shape index (κ2) is 5.81. The van der Waals surface area contributed by atoms with Crippen molar-refractivity contribution in [3.05, 3.63) is 40.3 Å². The third kappa shape index (κ3) is 2.64. The van der Waals surface area contributed by atoms with Crippen LogP contribution in [0.4, 0.5) is 10.5 Å². The molecule has 20 heavy (non-hydrogen) atoms. The Morgan fingerprint density at radius 3 is 2.55 bits per heavy atom. The van der Waals surface area contributed by atoms with Crippen LogP contribution in [-0.2, 0) is 0 Å². The number of hydrogen-bond acceptors (Lipinski definition) is 4. The predicted molar refractivity (Wildman–Crippen MR) is 81.5 cm³/mol. The molecule has 1 saturated heterocycles. The van der Waals surface area contributed by atoms with Crippen LogP contribution in [-0.4, -0.2) is 38.4 Å². The molecule has 3 rings (SSSR count). The van der Waals surface area contributed by atoms with Gasteiger partial charge in [-0.25, -0.2) is 0 Å². The van der Waals surface area contributed by atoms with Gasteiger partial charge in [0.05, 0.1) is 0 Å². The topological polar surface area (TPSA) is 59.2 Å². The summed E-state index contributed by atoms with van der Waals surface area (Å²) in [5, 5.41) is 0. The number of benzene rings is 1.